The lowest BCUT2D eigenvalue weighted by Gasteiger charge is -2.33. The molecular formula is C20H31NO4S2. The van der Waals surface area contributed by atoms with Crippen molar-refractivity contribution < 1.29 is 17.9 Å². The summed E-state index contributed by atoms with van der Waals surface area (Å²) in [6.45, 7) is 7.23. The molecule has 0 unspecified atom stereocenters. The molecule has 1 amide bonds. The third-order valence-electron chi connectivity index (χ3n) is 4.54. The Morgan fingerprint density at radius 2 is 1.78 bits per heavy atom. The van der Waals surface area contributed by atoms with Gasteiger partial charge < -0.3 is 9.64 Å². The zero-order valence-corrected chi connectivity index (χ0v) is 18.4. The number of piperidine rings is 1. The van der Waals surface area contributed by atoms with Crippen LogP contribution in [-0.2, 0) is 14.6 Å². The quantitative estimate of drug-likeness (QED) is 0.503. The van der Waals surface area contributed by atoms with Gasteiger partial charge in [0.25, 0.3) is 0 Å². The first-order chi connectivity index (χ1) is 12.5. The van der Waals surface area contributed by atoms with Crippen LogP contribution in [0.4, 0.5) is 4.79 Å². The second-order valence-electron chi connectivity index (χ2n) is 8.15. The number of ether oxygens (including phenoxy) is 1. The Morgan fingerprint density at radius 3 is 2.30 bits per heavy atom. The van der Waals surface area contributed by atoms with Gasteiger partial charge in [-0.15, -0.1) is 11.8 Å². The van der Waals surface area contributed by atoms with E-state index in [2.05, 4.69) is 0 Å². The first-order valence-corrected chi connectivity index (χ1v) is 12.3. The third-order valence-corrected chi connectivity index (χ3v) is 6.77. The molecule has 0 spiro atoms. The molecule has 0 bridgehead atoms. The summed E-state index contributed by atoms with van der Waals surface area (Å²) in [5, 5.41) is 0. The summed E-state index contributed by atoms with van der Waals surface area (Å²) in [5.41, 5.74) is -0.440. The van der Waals surface area contributed by atoms with E-state index in [1.54, 1.807) is 23.9 Å². The van der Waals surface area contributed by atoms with Crippen LogP contribution < -0.4 is 0 Å². The maximum atomic E-state index is 12.1. The summed E-state index contributed by atoms with van der Waals surface area (Å²) in [5.74, 6) is 1.68. The van der Waals surface area contributed by atoms with Crippen molar-refractivity contribution in [3.63, 3.8) is 0 Å². The molecule has 0 N–H and O–H groups in total. The molecule has 1 aliphatic rings. The first-order valence-electron chi connectivity index (χ1n) is 9.45. The lowest BCUT2D eigenvalue weighted by atomic mass is 9.93. The second kappa shape index (κ2) is 9.32. The first kappa shape index (κ1) is 22.1. The van der Waals surface area contributed by atoms with Crippen molar-refractivity contribution in [2.24, 2.45) is 5.92 Å². The van der Waals surface area contributed by atoms with Gasteiger partial charge in [-0.05, 0) is 82.4 Å². The van der Waals surface area contributed by atoms with E-state index in [0.717, 1.165) is 49.4 Å². The van der Waals surface area contributed by atoms with Crippen LogP contribution in [0, 0.1) is 5.92 Å². The molecule has 1 aromatic rings. The van der Waals surface area contributed by atoms with Gasteiger partial charge >= 0.3 is 6.09 Å². The van der Waals surface area contributed by atoms with E-state index in [1.165, 1.54) is 6.26 Å². The van der Waals surface area contributed by atoms with Crippen molar-refractivity contribution >= 4 is 27.7 Å². The molecule has 1 heterocycles. The van der Waals surface area contributed by atoms with Crippen molar-refractivity contribution in [2.45, 2.75) is 61.8 Å². The number of amides is 1. The molecule has 5 nitrogen and oxygen atoms in total. The minimum absolute atomic E-state index is 0.200. The van der Waals surface area contributed by atoms with Crippen LogP contribution in [0.5, 0.6) is 0 Å². The zero-order valence-electron chi connectivity index (χ0n) is 16.7. The fraction of sp³-hybridized carbons (Fsp3) is 0.650. The fourth-order valence-electron chi connectivity index (χ4n) is 3.08. The van der Waals surface area contributed by atoms with Gasteiger partial charge in [0.1, 0.15) is 5.60 Å². The summed E-state index contributed by atoms with van der Waals surface area (Å²) in [6, 6.07) is 7.09. The molecule has 0 aliphatic carbocycles. The topological polar surface area (TPSA) is 63.7 Å². The Balaban J connectivity index is 1.65. The van der Waals surface area contributed by atoms with Crippen molar-refractivity contribution in [2.75, 3.05) is 25.1 Å². The smallest absolute Gasteiger partial charge is 0.410 e. The van der Waals surface area contributed by atoms with Crippen molar-refractivity contribution in [1.82, 2.24) is 4.90 Å². The number of carbonyl (C=O) groups excluding carboxylic acids is 1. The average molecular weight is 414 g/mol. The molecule has 2 rings (SSSR count). The van der Waals surface area contributed by atoms with Gasteiger partial charge in [0.2, 0.25) is 0 Å². The van der Waals surface area contributed by atoms with Crippen LogP contribution in [0.25, 0.3) is 0 Å². The van der Waals surface area contributed by atoms with Crippen molar-refractivity contribution in [3.8, 4) is 0 Å². The Hall–Kier alpha value is -1.21. The minimum Gasteiger partial charge on any atom is -0.444 e. The molecule has 0 radical (unpaired) electrons. The second-order valence-corrected chi connectivity index (χ2v) is 11.3. The van der Waals surface area contributed by atoms with Gasteiger partial charge in [0, 0.05) is 24.2 Å². The van der Waals surface area contributed by atoms with Crippen LogP contribution in [0.2, 0.25) is 0 Å². The highest BCUT2D eigenvalue weighted by Crippen LogP contribution is 2.26. The van der Waals surface area contributed by atoms with Gasteiger partial charge in [-0.2, -0.15) is 0 Å². The highest BCUT2D eigenvalue weighted by Gasteiger charge is 2.26. The standard InChI is InChI=1S/C20H31NO4S2/c1-20(2,3)25-19(22)21-13-11-16(12-14-21)6-5-15-26-17-7-9-18(10-8-17)27(4,23)24/h7-10,16H,5-6,11-15H2,1-4H3. The third kappa shape index (κ3) is 7.74. The fourth-order valence-corrected chi connectivity index (χ4v) is 4.58. The number of hydrogen-bond donors (Lipinski definition) is 0. The molecule has 1 aromatic carbocycles. The summed E-state index contributed by atoms with van der Waals surface area (Å²) in [6.07, 6.45) is 5.38. The number of rotatable bonds is 6. The van der Waals surface area contributed by atoms with E-state index in [4.69, 9.17) is 4.74 Å². The number of sulfone groups is 1. The number of benzene rings is 1. The maximum absolute atomic E-state index is 12.1. The number of nitrogens with zero attached hydrogens (tertiary/aromatic N) is 1. The van der Waals surface area contributed by atoms with Gasteiger partial charge in [-0.25, -0.2) is 13.2 Å². The average Bonchev–Trinajstić information content (AvgIpc) is 2.57. The summed E-state index contributed by atoms with van der Waals surface area (Å²) in [7, 11) is -3.13. The predicted octanol–water partition coefficient (Wildman–Crippen LogP) is 4.61. The number of likely N-dealkylation sites (tertiary alicyclic amines) is 1. The Kier molecular flexibility index (Phi) is 7.63. The minimum atomic E-state index is -3.13. The molecule has 0 saturated carbocycles. The number of carbonyl (C=O) groups is 1. The van der Waals surface area contributed by atoms with Gasteiger partial charge in [0.15, 0.2) is 9.84 Å². The highest BCUT2D eigenvalue weighted by atomic mass is 32.2. The van der Waals surface area contributed by atoms with E-state index in [9.17, 15) is 13.2 Å². The molecular weight excluding hydrogens is 382 g/mol. The molecule has 0 atom stereocenters. The lowest BCUT2D eigenvalue weighted by Crippen LogP contribution is -2.41. The molecule has 152 valence electrons. The van der Waals surface area contributed by atoms with Crippen molar-refractivity contribution in [3.05, 3.63) is 24.3 Å². The molecule has 27 heavy (non-hydrogen) atoms. The highest BCUT2D eigenvalue weighted by molar-refractivity contribution is 7.99. The summed E-state index contributed by atoms with van der Waals surface area (Å²) in [4.78, 5) is 15.4. The summed E-state index contributed by atoms with van der Waals surface area (Å²) < 4.78 is 28.4. The van der Waals surface area contributed by atoms with Crippen LogP contribution in [-0.4, -0.2) is 50.1 Å². The predicted molar refractivity (Wildman–Crippen MR) is 110 cm³/mol. The normalized spacial score (nSPS) is 16.4. The van der Waals surface area contributed by atoms with E-state index in [0.29, 0.717) is 10.8 Å². The van der Waals surface area contributed by atoms with Crippen LogP contribution in [0.3, 0.4) is 0 Å². The van der Waals surface area contributed by atoms with Crippen LogP contribution in [0.1, 0.15) is 46.5 Å². The van der Waals surface area contributed by atoms with Crippen molar-refractivity contribution in [1.29, 1.82) is 0 Å². The monoisotopic (exact) mass is 413 g/mol. The largest absolute Gasteiger partial charge is 0.444 e. The van der Waals surface area contributed by atoms with Gasteiger partial charge in [0.05, 0.1) is 4.90 Å². The molecule has 0 aromatic heterocycles. The SMILES string of the molecule is CC(C)(C)OC(=O)N1CCC(CCCSc2ccc(S(C)(=O)=O)cc2)CC1. The van der Waals surface area contributed by atoms with Crippen LogP contribution in [0.15, 0.2) is 34.1 Å². The van der Waals surface area contributed by atoms with Crippen LogP contribution >= 0.6 is 11.8 Å². The Labute approximate surface area is 167 Å². The lowest BCUT2D eigenvalue weighted by molar-refractivity contribution is 0.0181. The van der Waals surface area contributed by atoms with Gasteiger partial charge in [-0.3, -0.25) is 0 Å². The van der Waals surface area contributed by atoms with E-state index >= 15 is 0 Å². The number of hydrogen-bond acceptors (Lipinski definition) is 5. The van der Waals surface area contributed by atoms with Gasteiger partial charge in [-0.1, -0.05) is 0 Å². The molecule has 1 fully saturated rings. The zero-order chi connectivity index (χ0) is 20.1. The van der Waals surface area contributed by atoms with E-state index in [1.807, 2.05) is 37.8 Å². The molecule has 1 aliphatic heterocycles. The maximum Gasteiger partial charge on any atom is 0.410 e. The molecule has 1 saturated heterocycles. The Bertz CT molecular complexity index is 715. The Morgan fingerprint density at radius 1 is 1.19 bits per heavy atom. The summed E-state index contributed by atoms with van der Waals surface area (Å²) >= 11 is 1.76. The van der Waals surface area contributed by atoms with E-state index < -0.39 is 15.4 Å². The number of thioether (sulfide) groups is 1. The molecule has 7 heteroatoms. The van der Waals surface area contributed by atoms with E-state index in [-0.39, 0.29) is 6.09 Å².